The average Bonchev–Trinajstić information content (AvgIpc) is 4.09. The Morgan fingerprint density at radius 2 is 0.606 bits per heavy atom. The van der Waals surface area contributed by atoms with E-state index in [4.69, 9.17) is 4.63 Å². The van der Waals surface area contributed by atoms with Crippen LogP contribution in [0.4, 0.5) is 0 Å². The van der Waals surface area contributed by atoms with E-state index in [0.717, 1.165) is 40.6 Å². The molecule has 0 fully saturated rings. The van der Waals surface area contributed by atoms with Crippen molar-refractivity contribution in [3.63, 3.8) is 0 Å². The van der Waals surface area contributed by atoms with Gasteiger partial charge >= 0.3 is 0 Å². The van der Waals surface area contributed by atoms with E-state index in [1.54, 1.807) is 11.1 Å². The van der Waals surface area contributed by atoms with Gasteiger partial charge in [0.15, 0.2) is 0 Å². The van der Waals surface area contributed by atoms with Crippen molar-refractivity contribution in [1.82, 2.24) is 10.3 Å². The van der Waals surface area contributed by atoms with Crippen LogP contribution in [-0.4, -0.2) is 10.3 Å². The summed E-state index contributed by atoms with van der Waals surface area (Å²) in [6.45, 7) is 9.36. The molecule has 0 aliphatic heterocycles. The van der Waals surface area contributed by atoms with Gasteiger partial charge in [-0.1, -0.05) is 252 Å². The zero-order chi connectivity index (χ0) is 48.6. The summed E-state index contributed by atoms with van der Waals surface area (Å²) in [6, 6.07) is 56.0. The van der Waals surface area contributed by atoms with Gasteiger partial charge < -0.3 is 0 Å². The van der Waals surface area contributed by atoms with Crippen molar-refractivity contribution >= 4 is 11.0 Å². The third-order valence-electron chi connectivity index (χ3n) is 16.8. The first kappa shape index (κ1) is 48.6. The van der Waals surface area contributed by atoms with Crippen LogP contribution in [0.25, 0.3) is 77.8 Å². The third kappa shape index (κ3) is 9.47. The molecular formula is C68H76N2O. The number of nitrogens with zero attached hydrogens (tertiary/aromatic N) is 2. The van der Waals surface area contributed by atoms with Gasteiger partial charge in [-0.2, -0.15) is 0 Å². The van der Waals surface area contributed by atoms with E-state index in [0.29, 0.717) is 0 Å². The van der Waals surface area contributed by atoms with Crippen molar-refractivity contribution in [2.24, 2.45) is 0 Å². The molecule has 0 spiro atoms. The monoisotopic (exact) mass is 937 g/mol. The average molecular weight is 937 g/mol. The maximum absolute atomic E-state index is 5.52. The van der Waals surface area contributed by atoms with Crippen molar-refractivity contribution in [1.29, 1.82) is 0 Å². The fourth-order valence-electron chi connectivity index (χ4n) is 13.0. The fourth-order valence-corrected chi connectivity index (χ4v) is 13.0. The summed E-state index contributed by atoms with van der Waals surface area (Å²) in [5.74, 6) is 0. The van der Waals surface area contributed by atoms with Crippen LogP contribution in [0.3, 0.4) is 0 Å². The van der Waals surface area contributed by atoms with Gasteiger partial charge in [0.25, 0.3) is 0 Å². The Morgan fingerprint density at radius 1 is 0.296 bits per heavy atom. The van der Waals surface area contributed by atoms with E-state index in [2.05, 4.69) is 184 Å². The summed E-state index contributed by atoms with van der Waals surface area (Å²) >= 11 is 0. The normalized spacial score (nSPS) is 13.9. The molecule has 364 valence electrons. The molecule has 1 heterocycles. The van der Waals surface area contributed by atoms with Crippen LogP contribution < -0.4 is 0 Å². The predicted octanol–water partition coefficient (Wildman–Crippen LogP) is 20.3. The first-order valence-corrected chi connectivity index (χ1v) is 28.0. The van der Waals surface area contributed by atoms with Gasteiger partial charge in [0.2, 0.25) is 0 Å². The van der Waals surface area contributed by atoms with Crippen LogP contribution in [0.1, 0.15) is 178 Å². The second kappa shape index (κ2) is 22.1. The molecular weight excluding hydrogens is 861 g/mol. The summed E-state index contributed by atoms with van der Waals surface area (Å²) in [7, 11) is 0. The van der Waals surface area contributed by atoms with Gasteiger partial charge in [-0.15, -0.1) is 0 Å². The molecule has 0 saturated carbocycles. The van der Waals surface area contributed by atoms with Gasteiger partial charge in [-0.25, -0.2) is 4.63 Å². The summed E-state index contributed by atoms with van der Waals surface area (Å²) in [5, 5.41) is 9.05. The minimum absolute atomic E-state index is 0.0112. The van der Waals surface area contributed by atoms with E-state index in [1.165, 1.54) is 177 Å². The van der Waals surface area contributed by atoms with Crippen LogP contribution in [-0.2, 0) is 10.8 Å². The number of fused-ring (bicyclic) bond motifs is 7. The smallest absolute Gasteiger partial charge is 0.143 e. The molecule has 0 N–H and O–H groups in total. The maximum Gasteiger partial charge on any atom is 0.143 e. The fraction of sp³-hybridized carbons (Fsp3) is 0.382. The Balaban J connectivity index is 1.10. The van der Waals surface area contributed by atoms with Crippen LogP contribution in [0.2, 0.25) is 0 Å². The quantitative estimate of drug-likeness (QED) is 0.0567. The Kier molecular flexibility index (Phi) is 15.1. The molecule has 1 aromatic heterocycles. The Hall–Kier alpha value is -6.06. The van der Waals surface area contributed by atoms with Gasteiger partial charge in [-0.3, -0.25) is 0 Å². The van der Waals surface area contributed by atoms with Crippen LogP contribution in [0.5, 0.6) is 0 Å². The van der Waals surface area contributed by atoms with Crippen molar-refractivity contribution in [3.8, 4) is 66.8 Å². The Labute approximate surface area is 425 Å². The molecule has 0 unspecified atom stereocenters. The molecule has 3 heteroatoms. The zero-order valence-corrected chi connectivity index (χ0v) is 43.3. The lowest BCUT2D eigenvalue weighted by Crippen LogP contribution is -2.26. The molecule has 0 bridgehead atoms. The molecule has 2 aliphatic carbocycles. The number of hydrogen-bond donors (Lipinski definition) is 0. The van der Waals surface area contributed by atoms with E-state index in [9.17, 15) is 0 Å². The molecule has 0 atom stereocenters. The van der Waals surface area contributed by atoms with Crippen molar-refractivity contribution in [3.05, 3.63) is 168 Å². The highest BCUT2D eigenvalue weighted by Gasteiger charge is 2.45. The minimum Gasteiger partial charge on any atom is -0.243 e. The van der Waals surface area contributed by atoms with Crippen LogP contribution >= 0.6 is 0 Å². The van der Waals surface area contributed by atoms with Crippen LogP contribution in [0.15, 0.2) is 150 Å². The number of rotatable bonds is 24. The van der Waals surface area contributed by atoms with Crippen LogP contribution in [0, 0.1) is 0 Å². The predicted molar refractivity (Wildman–Crippen MR) is 301 cm³/mol. The second-order valence-electron chi connectivity index (χ2n) is 21.3. The summed E-state index contributed by atoms with van der Waals surface area (Å²) in [6.07, 6.45) is 24.9. The molecule has 8 aromatic rings. The first-order valence-electron chi connectivity index (χ1n) is 28.0. The second-order valence-corrected chi connectivity index (χ2v) is 21.3. The van der Waals surface area contributed by atoms with E-state index in [1.807, 2.05) is 0 Å². The number of benzene rings is 7. The van der Waals surface area contributed by atoms with Gasteiger partial charge in [-0.05, 0) is 138 Å². The summed E-state index contributed by atoms with van der Waals surface area (Å²) in [4.78, 5) is 0. The van der Waals surface area contributed by atoms with Gasteiger partial charge in [0, 0.05) is 22.0 Å². The van der Waals surface area contributed by atoms with Crippen molar-refractivity contribution < 1.29 is 4.63 Å². The van der Waals surface area contributed by atoms with Crippen molar-refractivity contribution in [2.45, 2.75) is 167 Å². The highest BCUT2D eigenvalue weighted by atomic mass is 16.6. The Morgan fingerprint density at radius 3 is 0.986 bits per heavy atom. The first-order chi connectivity index (χ1) is 35.0. The summed E-state index contributed by atoms with van der Waals surface area (Å²) in [5.41, 5.74) is 23.2. The molecule has 3 nitrogen and oxygen atoms in total. The lowest BCUT2D eigenvalue weighted by atomic mass is 9.69. The lowest BCUT2D eigenvalue weighted by molar-refractivity contribution is 0.315. The van der Waals surface area contributed by atoms with Gasteiger partial charge in [0.1, 0.15) is 11.0 Å². The highest BCUT2D eigenvalue weighted by molar-refractivity contribution is 6.01. The molecule has 0 amide bonds. The number of hydrogen-bond acceptors (Lipinski definition) is 3. The van der Waals surface area contributed by atoms with Gasteiger partial charge in [0.05, 0.1) is 0 Å². The lowest BCUT2D eigenvalue weighted by Gasteiger charge is -2.34. The standard InChI is InChI=1S/C68H76N2O/c1-5-9-13-23-41-67(42-24-14-10-6-2)61-45-51(49-27-19-17-20-28-49)31-35-57(61)58-36-32-52(46-62(58)67)53-33-37-59-60-38-34-54(56-40-39-55(50-29-21-18-22-30-50)65-66(56)70-71-69-65)48-64(60)68(63(59)47-53,43-25-15-11-7-3)44-26-16-12-8-4/h17-22,27-40,45-48H,5-16,23-26,41-44H2,1-4H3. The SMILES string of the molecule is CCCCCCC1(CCCCCC)c2cc(-c3ccccc3)ccc2-c2ccc(-c3ccc4c(c3)C(CCCCCC)(CCCCCC)c3cc(-c5ccc(-c6ccccc6)c6nonc56)ccc3-4)cc21. The molecule has 7 aromatic carbocycles. The molecule has 0 radical (unpaired) electrons. The molecule has 10 rings (SSSR count). The third-order valence-corrected chi connectivity index (χ3v) is 16.8. The number of aromatic nitrogens is 2. The largest absolute Gasteiger partial charge is 0.243 e. The molecule has 71 heavy (non-hydrogen) atoms. The van der Waals surface area contributed by atoms with Crippen molar-refractivity contribution in [2.75, 3.05) is 0 Å². The maximum atomic E-state index is 5.52. The Bertz CT molecular complexity index is 3030. The van der Waals surface area contributed by atoms with E-state index < -0.39 is 0 Å². The molecule has 2 aliphatic rings. The zero-order valence-electron chi connectivity index (χ0n) is 43.3. The molecule has 0 saturated heterocycles. The number of unbranched alkanes of at least 4 members (excludes halogenated alkanes) is 12. The minimum atomic E-state index is -0.0908. The van der Waals surface area contributed by atoms with E-state index in [-0.39, 0.29) is 10.8 Å². The topological polar surface area (TPSA) is 38.9 Å². The summed E-state index contributed by atoms with van der Waals surface area (Å²) < 4.78 is 5.52. The van der Waals surface area contributed by atoms with E-state index >= 15 is 0 Å². The highest BCUT2D eigenvalue weighted by Crippen LogP contribution is 2.58.